The molecule has 4 aliphatic rings. The molecule has 1 N–H and O–H groups in total. The number of anilines is 1. The van der Waals surface area contributed by atoms with E-state index in [1.165, 1.54) is 44.1 Å². The summed E-state index contributed by atoms with van der Waals surface area (Å²) in [5, 5.41) is 2.97. The minimum Gasteiger partial charge on any atom is -0.483 e. The van der Waals surface area contributed by atoms with Gasteiger partial charge in [-0.2, -0.15) is 0 Å². The maximum Gasteiger partial charge on any atom is 0.262 e. The van der Waals surface area contributed by atoms with Crippen LogP contribution < -0.4 is 10.1 Å². The van der Waals surface area contributed by atoms with Gasteiger partial charge in [0.05, 0.1) is 0 Å². The Hall–Kier alpha value is -2.29. The van der Waals surface area contributed by atoms with E-state index < -0.39 is 0 Å². The van der Waals surface area contributed by atoms with Gasteiger partial charge in [0.2, 0.25) is 0 Å². The van der Waals surface area contributed by atoms with Crippen molar-refractivity contribution in [3.05, 3.63) is 59.7 Å². The average molecular weight is 376 g/mol. The summed E-state index contributed by atoms with van der Waals surface area (Å²) >= 11 is 0. The van der Waals surface area contributed by atoms with E-state index in [0.717, 1.165) is 34.8 Å². The fraction of sp³-hybridized carbons (Fsp3) is 0.480. The molecule has 0 spiro atoms. The zero-order chi connectivity index (χ0) is 19.1. The molecule has 3 nitrogen and oxygen atoms in total. The maximum atomic E-state index is 12.3. The summed E-state index contributed by atoms with van der Waals surface area (Å²) in [6.07, 6.45) is 8.51. The molecule has 1 amide bonds. The molecule has 0 aliphatic heterocycles. The molecular formula is C25H29NO2. The topological polar surface area (TPSA) is 38.3 Å². The van der Waals surface area contributed by atoms with Gasteiger partial charge in [0.15, 0.2) is 6.61 Å². The van der Waals surface area contributed by atoms with Gasteiger partial charge >= 0.3 is 0 Å². The minimum atomic E-state index is -0.120. The van der Waals surface area contributed by atoms with Gasteiger partial charge in [-0.15, -0.1) is 0 Å². The zero-order valence-electron chi connectivity index (χ0n) is 16.6. The van der Waals surface area contributed by atoms with Crippen LogP contribution in [0.25, 0.3) is 0 Å². The molecule has 4 bridgehead atoms. The Morgan fingerprint density at radius 2 is 1.57 bits per heavy atom. The predicted octanol–water partition coefficient (Wildman–Crippen LogP) is 5.48. The Morgan fingerprint density at radius 1 is 0.964 bits per heavy atom. The van der Waals surface area contributed by atoms with Crippen LogP contribution in [0.5, 0.6) is 5.75 Å². The van der Waals surface area contributed by atoms with E-state index in [9.17, 15) is 4.79 Å². The maximum absolute atomic E-state index is 12.3. The molecule has 3 heteroatoms. The monoisotopic (exact) mass is 375 g/mol. The quantitative estimate of drug-likeness (QED) is 0.751. The second-order valence-electron chi connectivity index (χ2n) is 9.38. The van der Waals surface area contributed by atoms with Crippen LogP contribution in [0.2, 0.25) is 0 Å². The van der Waals surface area contributed by atoms with Crippen molar-refractivity contribution >= 4 is 11.6 Å². The lowest BCUT2D eigenvalue weighted by molar-refractivity contribution is -0.118. The summed E-state index contributed by atoms with van der Waals surface area (Å²) in [4.78, 5) is 12.3. The Morgan fingerprint density at radius 3 is 2.18 bits per heavy atom. The number of ether oxygens (including phenoxy) is 1. The third-order valence-electron chi connectivity index (χ3n) is 7.27. The molecule has 0 radical (unpaired) electrons. The molecule has 0 saturated heterocycles. The number of hydrogen-bond acceptors (Lipinski definition) is 2. The number of benzene rings is 2. The van der Waals surface area contributed by atoms with Crippen LogP contribution >= 0.6 is 0 Å². The summed E-state index contributed by atoms with van der Waals surface area (Å²) in [7, 11) is 0. The highest BCUT2D eigenvalue weighted by atomic mass is 16.5. The summed E-state index contributed by atoms with van der Waals surface area (Å²) in [5.74, 6) is 3.48. The fourth-order valence-electron chi connectivity index (χ4n) is 6.43. The zero-order valence-corrected chi connectivity index (χ0v) is 16.6. The Balaban J connectivity index is 1.22. The van der Waals surface area contributed by atoms with Crippen LogP contribution in [0.4, 0.5) is 5.69 Å². The lowest BCUT2D eigenvalue weighted by atomic mass is 9.48. The normalized spacial score (nSPS) is 30.2. The molecule has 6 rings (SSSR count). The lowest BCUT2D eigenvalue weighted by Crippen LogP contribution is -2.48. The highest BCUT2D eigenvalue weighted by molar-refractivity contribution is 5.91. The van der Waals surface area contributed by atoms with E-state index in [4.69, 9.17) is 4.74 Å². The van der Waals surface area contributed by atoms with E-state index in [1.807, 2.05) is 31.2 Å². The van der Waals surface area contributed by atoms with Crippen LogP contribution in [0, 0.1) is 24.7 Å². The number of para-hydroxylation sites is 1. The standard InChI is InChI=1S/C25H29NO2/c1-17-4-2-3-5-23(17)28-16-24(27)26-22-8-6-21(7-9-22)25-13-18-10-19(14-25)12-20(11-18)15-25/h2-9,18-20H,10-16H2,1H3,(H,26,27). The number of amides is 1. The highest BCUT2D eigenvalue weighted by Gasteiger charge is 2.51. The Labute approximate surface area is 167 Å². The van der Waals surface area contributed by atoms with Crippen LogP contribution in [-0.2, 0) is 10.2 Å². The van der Waals surface area contributed by atoms with Crippen LogP contribution in [0.3, 0.4) is 0 Å². The third-order valence-corrected chi connectivity index (χ3v) is 7.27. The van der Waals surface area contributed by atoms with Gasteiger partial charge in [-0.1, -0.05) is 30.3 Å². The van der Waals surface area contributed by atoms with Crippen LogP contribution in [0.1, 0.15) is 49.7 Å². The first-order valence-electron chi connectivity index (χ1n) is 10.7. The Bertz CT molecular complexity index is 835. The van der Waals surface area contributed by atoms with Crippen molar-refractivity contribution in [3.8, 4) is 5.75 Å². The van der Waals surface area contributed by atoms with E-state index in [2.05, 4.69) is 29.6 Å². The van der Waals surface area contributed by atoms with Crippen molar-refractivity contribution in [2.24, 2.45) is 17.8 Å². The number of carbonyl (C=O) groups excluding carboxylic acids is 1. The summed E-state index contributed by atoms with van der Waals surface area (Å²) in [5.41, 5.74) is 3.79. The molecule has 0 unspecified atom stereocenters. The van der Waals surface area contributed by atoms with E-state index in [1.54, 1.807) is 0 Å². The van der Waals surface area contributed by atoms with Gasteiger partial charge in [-0.05, 0) is 97.9 Å². The molecule has 0 heterocycles. The van der Waals surface area contributed by atoms with Gasteiger partial charge in [-0.25, -0.2) is 0 Å². The van der Waals surface area contributed by atoms with E-state index in [-0.39, 0.29) is 12.5 Å². The first kappa shape index (κ1) is 17.8. The van der Waals surface area contributed by atoms with Gasteiger partial charge < -0.3 is 10.1 Å². The number of carbonyl (C=O) groups is 1. The minimum absolute atomic E-state index is 0.0293. The fourth-order valence-corrected chi connectivity index (χ4v) is 6.43. The molecule has 2 aromatic carbocycles. The van der Waals surface area contributed by atoms with Crippen molar-refractivity contribution in [1.29, 1.82) is 0 Å². The van der Waals surface area contributed by atoms with Gasteiger partial charge in [-0.3, -0.25) is 4.79 Å². The van der Waals surface area contributed by atoms with E-state index in [0.29, 0.717) is 5.41 Å². The van der Waals surface area contributed by atoms with Crippen LogP contribution in [-0.4, -0.2) is 12.5 Å². The predicted molar refractivity (Wildman–Crippen MR) is 112 cm³/mol. The molecule has 4 saturated carbocycles. The second kappa shape index (κ2) is 6.95. The number of rotatable bonds is 5. The van der Waals surface area contributed by atoms with E-state index >= 15 is 0 Å². The van der Waals surface area contributed by atoms with Crippen molar-refractivity contribution in [1.82, 2.24) is 0 Å². The van der Waals surface area contributed by atoms with Crippen LogP contribution in [0.15, 0.2) is 48.5 Å². The summed E-state index contributed by atoms with van der Waals surface area (Å²) in [6, 6.07) is 16.4. The number of hydrogen-bond donors (Lipinski definition) is 1. The molecule has 4 fully saturated rings. The summed E-state index contributed by atoms with van der Waals surface area (Å²) < 4.78 is 5.65. The SMILES string of the molecule is Cc1ccccc1OCC(=O)Nc1ccc(C23CC4CC(CC(C4)C2)C3)cc1. The van der Waals surface area contributed by atoms with Gasteiger partial charge in [0, 0.05) is 5.69 Å². The van der Waals surface area contributed by atoms with Crippen molar-refractivity contribution in [3.63, 3.8) is 0 Å². The molecular weight excluding hydrogens is 346 g/mol. The highest BCUT2D eigenvalue weighted by Crippen LogP contribution is 2.60. The third kappa shape index (κ3) is 3.32. The first-order chi connectivity index (χ1) is 13.6. The van der Waals surface area contributed by atoms with Crippen molar-refractivity contribution in [2.45, 2.75) is 50.9 Å². The second-order valence-corrected chi connectivity index (χ2v) is 9.38. The summed E-state index contributed by atoms with van der Waals surface area (Å²) in [6.45, 7) is 2.01. The van der Waals surface area contributed by atoms with Crippen molar-refractivity contribution < 1.29 is 9.53 Å². The molecule has 28 heavy (non-hydrogen) atoms. The molecule has 0 atom stereocenters. The molecule has 2 aromatic rings. The average Bonchev–Trinajstić information content (AvgIpc) is 2.67. The Kier molecular flexibility index (Phi) is 4.41. The molecule has 4 aliphatic carbocycles. The molecule has 0 aromatic heterocycles. The number of aryl methyl sites for hydroxylation is 1. The molecule has 146 valence electrons. The largest absolute Gasteiger partial charge is 0.483 e. The number of nitrogens with one attached hydrogen (secondary N) is 1. The lowest BCUT2D eigenvalue weighted by Gasteiger charge is -2.57. The first-order valence-corrected chi connectivity index (χ1v) is 10.7. The van der Waals surface area contributed by atoms with Crippen molar-refractivity contribution in [2.75, 3.05) is 11.9 Å². The smallest absolute Gasteiger partial charge is 0.262 e. The van der Waals surface area contributed by atoms with Gasteiger partial charge in [0.1, 0.15) is 5.75 Å². The van der Waals surface area contributed by atoms with Gasteiger partial charge in [0.25, 0.3) is 5.91 Å².